The summed E-state index contributed by atoms with van der Waals surface area (Å²) in [6.07, 6.45) is 3.23. The predicted molar refractivity (Wildman–Crippen MR) is 91.5 cm³/mol. The fraction of sp³-hybridized carbons (Fsp3) is 0.176. The van der Waals surface area contributed by atoms with Gasteiger partial charge in [0.1, 0.15) is 10.6 Å². The van der Waals surface area contributed by atoms with Crippen LogP contribution in [0, 0.1) is 6.92 Å². The highest BCUT2D eigenvalue weighted by Crippen LogP contribution is 2.30. The predicted octanol–water partition coefficient (Wildman–Crippen LogP) is 2.53. The molecule has 0 aliphatic heterocycles. The number of sulfonamides is 1. The van der Waals surface area contributed by atoms with Gasteiger partial charge in [-0.25, -0.2) is 13.1 Å². The molecular formula is C17H17N3O4S. The van der Waals surface area contributed by atoms with Gasteiger partial charge in [-0.05, 0) is 36.8 Å². The topological polar surface area (TPSA) is 94.3 Å². The lowest BCUT2D eigenvalue weighted by Gasteiger charge is -2.11. The van der Waals surface area contributed by atoms with Crippen molar-refractivity contribution in [2.75, 3.05) is 7.11 Å². The quantitative estimate of drug-likeness (QED) is 0.727. The smallest absolute Gasteiger partial charge is 0.244 e. The lowest BCUT2D eigenvalue weighted by molar-refractivity contribution is 0.402. The molecule has 1 N–H and O–H groups in total. The molecule has 0 radical (unpaired) electrons. The Morgan fingerprint density at radius 3 is 2.72 bits per heavy atom. The van der Waals surface area contributed by atoms with Crippen molar-refractivity contribution in [2.24, 2.45) is 0 Å². The van der Waals surface area contributed by atoms with Crippen LogP contribution >= 0.6 is 0 Å². The average Bonchev–Trinajstić information content (AvgIpc) is 3.07. The maximum Gasteiger partial charge on any atom is 0.244 e. The van der Waals surface area contributed by atoms with Crippen molar-refractivity contribution in [3.8, 4) is 17.1 Å². The van der Waals surface area contributed by atoms with Crippen molar-refractivity contribution >= 4 is 10.0 Å². The zero-order valence-electron chi connectivity index (χ0n) is 13.8. The molecule has 0 unspecified atom stereocenters. The molecule has 0 fully saturated rings. The van der Waals surface area contributed by atoms with Gasteiger partial charge >= 0.3 is 0 Å². The van der Waals surface area contributed by atoms with E-state index in [-0.39, 0.29) is 17.2 Å². The van der Waals surface area contributed by atoms with Crippen LogP contribution in [0.2, 0.25) is 0 Å². The first-order valence-corrected chi connectivity index (χ1v) is 8.98. The molecule has 0 saturated heterocycles. The lowest BCUT2D eigenvalue weighted by Crippen LogP contribution is -2.23. The van der Waals surface area contributed by atoms with E-state index in [1.165, 1.54) is 13.2 Å². The Kier molecular flexibility index (Phi) is 4.82. The monoisotopic (exact) mass is 359 g/mol. The van der Waals surface area contributed by atoms with Gasteiger partial charge in [-0.3, -0.25) is 4.98 Å². The van der Waals surface area contributed by atoms with Crippen molar-refractivity contribution in [1.82, 2.24) is 14.9 Å². The van der Waals surface area contributed by atoms with Gasteiger partial charge < -0.3 is 9.26 Å². The van der Waals surface area contributed by atoms with E-state index < -0.39 is 10.0 Å². The highest BCUT2D eigenvalue weighted by Gasteiger charge is 2.21. The standard InChI is InChI=1S/C17H17N3O4S/c1-12-8-16(24-20-12)14-5-6-15(23-2)17(9-14)25(21,22)19-11-13-4-3-7-18-10-13/h3-10,19H,11H2,1-2H3. The molecule has 0 amide bonds. The minimum atomic E-state index is -3.79. The number of benzene rings is 1. The number of aryl methyl sites for hydroxylation is 1. The Morgan fingerprint density at radius 2 is 2.08 bits per heavy atom. The molecule has 8 heteroatoms. The fourth-order valence-electron chi connectivity index (χ4n) is 2.30. The molecule has 0 spiro atoms. The van der Waals surface area contributed by atoms with Gasteiger partial charge in [0.05, 0.1) is 12.8 Å². The van der Waals surface area contributed by atoms with Crippen LogP contribution in [0.15, 0.2) is 58.2 Å². The third-order valence-corrected chi connectivity index (χ3v) is 4.98. The maximum absolute atomic E-state index is 12.7. The van der Waals surface area contributed by atoms with Gasteiger partial charge in [-0.1, -0.05) is 11.2 Å². The van der Waals surface area contributed by atoms with E-state index in [4.69, 9.17) is 9.26 Å². The van der Waals surface area contributed by atoms with E-state index >= 15 is 0 Å². The van der Waals surface area contributed by atoms with Crippen LogP contribution in [0.25, 0.3) is 11.3 Å². The summed E-state index contributed by atoms with van der Waals surface area (Å²) >= 11 is 0. The summed E-state index contributed by atoms with van der Waals surface area (Å²) in [4.78, 5) is 4.00. The molecule has 0 bridgehead atoms. The van der Waals surface area contributed by atoms with Gasteiger partial charge in [0, 0.05) is 30.6 Å². The van der Waals surface area contributed by atoms with Crippen LogP contribution in [-0.4, -0.2) is 25.7 Å². The van der Waals surface area contributed by atoms with Crippen molar-refractivity contribution in [3.63, 3.8) is 0 Å². The summed E-state index contributed by atoms with van der Waals surface area (Å²) in [6.45, 7) is 1.93. The van der Waals surface area contributed by atoms with E-state index in [1.54, 1.807) is 49.6 Å². The first kappa shape index (κ1) is 17.1. The van der Waals surface area contributed by atoms with Crippen molar-refractivity contribution in [2.45, 2.75) is 18.4 Å². The minimum absolute atomic E-state index is 0.0328. The molecular weight excluding hydrogens is 342 g/mol. The number of nitrogens with one attached hydrogen (secondary N) is 1. The highest BCUT2D eigenvalue weighted by molar-refractivity contribution is 7.89. The number of hydrogen-bond donors (Lipinski definition) is 1. The molecule has 7 nitrogen and oxygen atoms in total. The Balaban J connectivity index is 1.93. The second-order valence-electron chi connectivity index (χ2n) is 5.38. The zero-order chi connectivity index (χ0) is 17.9. The minimum Gasteiger partial charge on any atom is -0.495 e. The Bertz CT molecular complexity index is 969. The molecule has 2 heterocycles. The number of pyridine rings is 1. The third-order valence-electron chi connectivity index (χ3n) is 3.55. The van der Waals surface area contributed by atoms with Crippen molar-refractivity contribution in [1.29, 1.82) is 0 Å². The average molecular weight is 359 g/mol. The number of hydrogen-bond acceptors (Lipinski definition) is 6. The second kappa shape index (κ2) is 7.04. The highest BCUT2D eigenvalue weighted by atomic mass is 32.2. The molecule has 0 aliphatic rings. The third kappa shape index (κ3) is 3.86. The van der Waals surface area contributed by atoms with E-state index in [0.29, 0.717) is 17.0 Å². The molecule has 25 heavy (non-hydrogen) atoms. The van der Waals surface area contributed by atoms with Crippen LogP contribution in [0.1, 0.15) is 11.3 Å². The summed E-state index contributed by atoms with van der Waals surface area (Å²) in [5, 5.41) is 3.83. The summed E-state index contributed by atoms with van der Waals surface area (Å²) in [5.74, 6) is 0.738. The summed E-state index contributed by atoms with van der Waals surface area (Å²) in [5.41, 5.74) is 2.07. The van der Waals surface area contributed by atoms with Gasteiger partial charge in [0.25, 0.3) is 0 Å². The Labute approximate surface area is 145 Å². The summed E-state index contributed by atoms with van der Waals surface area (Å²) in [7, 11) is -2.37. The van der Waals surface area contributed by atoms with Gasteiger partial charge in [0.2, 0.25) is 10.0 Å². The number of nitrogens with zero attached hydrogens (tertiary/aromatic N) is 2. The Morgan fingerprint density at radius 1 is 1.24 bits per heavy atom. The van der Waals surface area contributed by atoms with E-state index in [1.807, 2.05) is 0 Å². The lowest BCUT2D eigenvalue weighted by atomic mass is 10.1. The molecule has 130 valence electrons. The van der Waals surface area contributed by atoms with E-state index in [2.05, 4.69) is 14.9 Å². The number of ether oxygens (including phenoxy) is 1. The first-order valence-electron chi connectivity index (χ1n) is 7.50. The Hall–Kier alpha value is -2.71. The van der Waals surface area contributed by atoms with Crippen LogP contribution in [0.5, 0.6) is 5.75 Å². The molecule has 1 aromatic carbocycles. The van der Waals surface area contributed by atoms with E-state index in [0.717, 1.165) is 5.56 Å². The largest absolute Gasteiger partial charge is 0.495 e. The van der Waals surface area contributed by atoms with Crippen LogP contribution < -0.4 is 9.46 Å². The molecule has 0 saturated carbocycles. The van der Waals surface area contributed by atoms with Gasteiger partial charge in [-0.15, -0.1) is 0 Å². The van der Waals surface area contributed by atoms with Crippen LogP contribution in [0.3, 0.4) is 0 Å². The molecule has 0 aliphatic carbocycles. The fourth-order valence-corrected chi connectivity index (χ4v) is 3.51. The molecule has 2 aromatic heterocycles. The zero-order valence-corrected chi connectivity index (χ0v) is 14.6. The molecule has 3 aromatic rings. The number of rotatable bonds is 6. The van der Waals surface area contributed by atoms with E-state index in [9.17, 15) is 8.42 Å². The number of methoxy groups -OCH3 is 1. The summed E-state index contributed by atoms with van der Waals surface area (Å²) < 4.78 is 38.4. The second-order valence-corrected chi connectivity index (χ2v) is 7.12. The molecule has 3 rings (SSSR count). The van der Waals surface area contributed by atoms with Crippen molar-refractivity contribution in [3.05, 3.63) is 60.0 Å². The van der Waals surface area contributed by atoms with Crippen molar-refractivity contribution < 1.29 is 17.7 Å². The normalized spacial score (nSPS) is 11.4. The molecule has 0 atom stereocenters. The SMILES string of the molecule is COc1ccc(-c2cc(C)no2)cc1S(=O)(=O)NCc1cccnc1. The van der Waals surface area contributed by atoms with Gasteiger partial charge in [0.15, 0.2) is 5.76 Å². The maximum atomic E-state index is 12.7. The van der Waals surface area contributed by atoms with Crippen LogP contribution in [-0.2, 0) is 16.6 Å². The van der Waals surface area contributed by atoms with Gasteiger partial charge in [-0.2, -0.15) is 0 Å². The number of aromatic nitrogens is 2. The summed E-state index contributed by atoms with van der Waals surface area (Å²) in [6, 6.07) is 10.1. The van der Waals surface area contributed by atoms with Crippen LogP contribution in [0.4, 0.5) is 0 Å². The first-order chi connectivity index (χ1) is 12.0.